The van der Waals surface area contributed by atoms with Crippen LogP contribution in [-0.2, 0) is 9.59 Å². The lowest BCUT2D eigenvalue weighted by molar-refractivity contribution is -0.141. The zero-order valence-corrected chi connectivity index (χ0v) is 9.66. The molecule has 1 rings (SSSR count). The van der Waals surface area contributed by atoms with Crippen molar-refractivity contribution >= 4 is 11.9 Å². The maximum atomic E-state index is 11.4. The van der Waals surface area contributed by atoms with Crippen LogP contribution in [0.25, 0.3) is 0 Å². The van der Waals surface area contributed by atoms with E-state index in [1.54, 1.807) is 6.92 Å². The van der Waals surface area contributed by atoms with Gasteiger partial charge in [-0.05, 0) is 25.2 Å². The lowest BCUT2D eigenvalue weighted by Crippen LogP contribution is -2.44. The molecule has 0 heterocycles. The van der Waals surface area contributed by atoms with Crippen LogP contribution in [0.3, 0.4) is 0 Å². The standard InChI is InChI=1S/C11H20N2O3/c1-8(12)5-9(14)13-7-11(3-2-4-11)6-10(15)16/h8H,2-7,12H2,1H3,(H,13,14)(H,15,16). The van der Waals surface area contributed by atoms with E-state index < -0.39 is 5.97 Å². The third-order valence-corrected chi connectivity index (χ3v) is 3.11. The van der Waals surface area contributed by atoms with E-state index in [1.807, 2.05) is 0 Å². The minimum atomic E-state index is -0.791. The summed E-state index contributed by atoms with van der Waals surface area (Å²) in [5.41, 5.74) is 5.30. The molecule has 1 atom stereocenters. The first kappa shape index (κ1) is 13.0. The van der Waals surface area contributed by atoms with Crippen molar-refractivity contribution in [3.05, 3.63) is 0 Å². The van der Waals surface area contributed by atoms with Gasteiger partial charge in [-0.3, -0.25) is 9.59 Å². The van der Waals surface area contributed by atoms with Crippen LogP contribution in [0.1, 0.15) is 39.0 Å². The molecule has 0 bridgehead atoms. The predicted octanol–water partition coefficient (Wildman–Crippen LogP) is 0.485. The van der Waals surface area contributed by atoms with Crippen LogP contribution in [0.2, 0.25) is 0 Å². The molecule has 0 radical (unpaired) electrons. The SMILES string of the molecule is CC(N)CC(=O)NCC1(CC(=O)O)CCC1. The first-order valence-corrected chi connectivity index (χ1v) is 5.68. The van der Waals surface area contributed by atoms with Gasteiger partial charge < -0.3 is 16.2 Å². The van der Waals surface area contributed by atoms with Gasteiger partial charge in [0.1, 0.15) is 0 Å². The fourth-order valence-corrected chi connectivity index (χ4v) is 2.06. The summed E-state index contributed by atoms with van der Waals surface area (Å²) >= 11 is 0. The number of hydrogen-bond acceptors (Lipinski definition) is 3. The molecule has 1 aliphatic carbocycles. The number of aliphatic carboxylic acids is 1. The number of nitrogens with two attached hydrogens (primary N) is 1. The van der Waals surface area contributed by atoms with E-state index in [-0.39, 0.29) is 23.8 Å². The Bertz CT molecular complexity index is 272. The predicted molar refractivity (Wildman–Crippen MR) is 59.8 cm³/mol. The summed E-state index contributed by atoms with van der Waals surface area (Å²) in [4.78, 5) is 22.1. The van der Waals surface area contributed by atoms with Crippen LogP contribution >= 0.6 is 0 Å². The first-order chi connectivity index (χ1) is 7.43. The Morgan fingerprint density at radius 2 is 2.12 bits per heavy atom. The summed E-state index contributed by atoms with van der Waals surface area (Å²) in [6, 6.07) is -0.156. The first-order valence-electron chi connectivity index (χ1n) is 5.68. The Hall–Kier alpha value is -1.10. The number of carboxylic acid groups (broad SMARTS) is 1. The third-order valence-electron chi connectivity index (χ3n) is 3.11. The minimum absolute atomic E-state index is 0.0911. The van der Waals surface area contributed by atoms with E-state index in [9.17, 15) is 9.59 Å². The molecule has 1 fully saturated rings. The van der Waals surface area contributed by atoms with Gasteiger partial charge >= 0.3 is 5.97 Å². The zero-order chi connectivity index (χ0) is 12.2. The van der Waals surface area contributed by atoms with Crippen molar-refractivity contribution in [2.75, 3.05) is 6.54 Å². The molecule has 1 saturated carbocycles. The van der Waals surface area contributed by atoms with Crippen LogP contribution in [0, 0.1) is 5.41 Å². The average Bonchev–Trinajstić information content (AvgIpc) is 2.07. The highest BCUT2D eigenvalue weighted by atomic mass is 16.4. The van der Waals surface area contributed by atoms with Gasteiger partial charge in [-0.25, -0.2) is 0 Å². The Morgan fingerprint density at radius 3 is 2.50 bits per heavy atom. The number of hydrogen-bond donors (Lipinski definition) is 3. The number of carbonyl (C=O) groups excluding carboxylic acids is 1. The molecule has 1 aliphatic rings. The molecule has 0 saturated heterocycles. The van der Waals surface area contributed by atoms with Crippen molar-refractivity contribution in [1.82, 2.24) is 5.32 Å². The summed E-state index contributed by atoms with van der Waals surface area (Å²) in [6.45, 7) is 2.24. The van der Waals surface area contributed by atoms with E-state index in [0.717, 1.165) is 19.3 Å². The molecule has 5 heteroatoms. The average molecular weight is 228 g/mol. The summed E-state index contributed by atoms with van der Waals surface area (Å²) in [5, 5.41) is 11.6. The third kappa shape index (κ3) is 3.81. The highest BCUT2D eigenvalue weighted by Gasteiger charge is 2.39. The van der Waals surface area contributed by atoms with Gasteiger partial charge in [0.15, 0.2) is 0 Å². The van der Waals surface area contributed by atoms with E-state index in [4.69, 9.17) is 10.8 Å². The molecular weight excluding hydrogens is 208 g/mol. The van der Waals surface area contributed by atoms with Crippen molar-refractivity contribution in [2.24, 2.45) is 11.1 Å². The Kier molecular flexibility index (Phi) is 4.29. The summed E-state index contributed by atoms with van der Waals surface area (Å²) in [7, 11) is 0. The molecule has 92 valence electrons. The molecule has 0 aromatic heterocycles. The molecule has 0 spiro atoms. The number of carbonyl (C=O) groups is 2. The number of rotatable bonds is 6. The van der Waals surface area contributed by atoms with E-state index in [2.05, 4.69) is 5.32 Å². The van der Waals surface area contributed by atoms with E-state index in [1.165, 1.54) is 0 Å². The molecule has 1 unspecified atom stereocenters. The van der Waals surface area contributed by atoms with Crippen molar-refractivity contribution in [1.29, 1.82) is 0 Å². The largest absolute Gasteiger partial charge is 0.481 e. The quantitative estimate of drug-likeness (QED) is 0.616. The lowest BCUT2D eigenvalue weighted by atomic mass is 9.66. The fourth-order valence-electron chi connectivity index (χ4n) is 2.06. The Balaban J connectivity index is 2.34. The highest BCUT2D eigenvalue weighted by Crippen LogP contribution is 2.43. The molecule has 16 heavy (non-hydrogen) atoms. The van der Waals surface area contributed by atoms with Gasteiger partial charge in [0, 0.05) is 19.0 Å². The fraction of sp³-hybridized carbons (Fsp3) is 0.818. The van der Waals surface area contributed by atoms with Gasteiger partial charge in [0.05, 0.1) is 6.42 Å². The summed E-state index contributed by atoms with van der Waals surface area (Å²) < 4.78 is 0. The normalized spacial score (nSPS) is 19.6. The molecule has 0 aliphatic heterocycles. The minimum Gasteiger partial charge on any atom is -0.481 e. The second kappa shape index (κ2) is 5.30. The number of nitrogens with one attached hydrogen (secondary N) is 1. The zero-order valence-electron chi connectivity index (χ0n) is 9.66. The molecule has 4 N–H and O–H groups in total. The number of carboxylic acids is 1. The second-order valence-electron chi connectivity index (χ2n) is 4.88. The smallest absolute Gasteiger partial charge is 0.303 e. The number of amides is 1. The van der Waals surface area contributed by atoms with Crippen molar-refractivity contribution in [3.8, 4) is 0 Å². The van der Waals surface area contributed by atoms with Crippen LogP contribution in [0.5, 0.6) is 0 Å². The van der Waals surface area contributed by atoms with Gasteiger partial charge in [0.25, 0.3) is 0 Å². The highest BCUT2D eigenvalue weighted by molar-refractivity contribution is 5.76. The molecule has 0 aromatic carbocycles. The van der Waals surface area contributed by atoms with Crippen LogP contribution in [0.15, 0.2) is 0 Å². The van der Waals surface area contributed by atoms with E-state index >= 15 is 0 Å². The molecule has 0 aromatic rings. The lowest BCUT2D eigenvalue weighted by Gasteiger charge is -2.40. The van der Waals surface area contributed by atoms with Crippen molar-refractivity contribution in [3.63, 3.8) is 0 Å². The van der Waals surface area contributed by atoms with Crippen LogP contribution in [-0.4, -0.2) is 29.6 Å². The second-order valence-corrected chi connectivity index (χ2v) is 4.88. The maximum absolute atomic E-state index is 11.4. The van der Waals surface area contributed by atoms with Gasteiger partial charge in [-0.2, -0.15) is 0 Å². The summed E-state index contributed by atoms with van der Waals surface area (Å²) in [6.07, 6.45) is 3.26. The monoisotopic (exact) mass is 228 g/mol. The molecule has 5 nitrogen and oxygen atoms in total. The summed E-state index contributed by atoms with van der Waals surface area (Å²) in [5.74, 6) is -0.882. The van der Waals surface area contributed by atoms with Gasteiger partial charge in [-0.1, -0.05) is 6.42 Å². The van der Waals surface area contributed by atoms with Gasteiger partial charge in [0.2, 0.25) is 5.91 Å². The molecular formula is C11H20N2O3. The Labute approximate surface area is 95.4 Å². The van der Waals surface area contributed by atoms with E-state index in [0.29, 0.717) is 13.0 Å². The van der Waals surface area contributed by atoms with Crippen molar-refractivity contribution in [2.45, 2.75) is 45.1 Å². The van der Waals surface area contributed by atoms with Crippen LogP contribution in [0.4, 0.5) is 0 Å². The Morgan fingerprint density at radius 1 is 1.50 bits per heavy atom. The topological polar surface area (TPSA) is 92.4 Å². The molecule has 1 amide bonds. The van der Waals surface area contributed by atoms with Crippen LogP contribution < -0.4 is 11.1 Å². The maximum Gasteiger partial charge on any atom is 0.303 e. The van der Waals surface area contributed by atoms with Crippen molar-refractivity contribution < 1.29 is 14.7 Å². The van der Waals surface area contributed by atoms with Gasteiger partial charge in [-0.15, -0.1) is 0 Å².